The molecule has 0 radical (unpaired) electrons. The first-order valence-corrected chi connectivity index (χ1v) is 8.34. The maximum atomic E-state index is 12.5. The average Bonchev–Trinajstić information content (AvgIpc) is 2.47. The number of hydrogen-bond acceptors (Lipinski definition) is 4. The lowest BCUT2D eigenvalue weighted by molar-refractivity contribution is -0.157. The van der Waals surface area contributed by atoms with Crippen LogP contribution in [0.15, 0.2) is 29.2 Å². The van der Waals surface area contributed by atoms with E-state index >= 15 is 0 Å². The Morgan fingerprint density at radius 3 is 2.04 bits per heavy atom. The summed E-state index contributed by atoms with van der Waals surface area (Å²) in [6.45, 7) is 0. The van der Waals surface area contributed by atoms with Gasteiger partial charge in [0, 0.05) is 0 Å². The molecule has 2 rings (SSSR count). The third-order valence-corrected chi connectivity index (χ3v) is 5.18. The van der Waals surface area contributed by atoms with Gasteiger partial charge < -0.3 is 5.11 Å². The lowest BCUT2D eigenvalue weighted by atomic mass is 9.85. The zero-order chi connectivity index (χ0) is 17.3. The lowest BCUT2D eigenvalue weighted by Gasteiger charge is -2.32. The van der Waals surface area contributed by atoms with Crippen molar-refractivity contribution in [2.75, 3.05) is 0 Å². The maximum absolute atomic E-state index is 12.5. The zero-order valence-corrected chi connectivity index (χ0v) is 12.8. The second-order valence-corrected chi connectivity index (χ2v) is 6.97. The highest BCUT2D eigenvalue weighted by molar-refractivity contribution is 7.86. The Morgan fingerprint density at radius 1 is 1.09 bits per heavy atom. The summed E-state index contributed by atoms with van der Waals surface area (Å²) in [4.78, 5) is 10.9. The van der Waals surface area contributed by atoms with Gasteiger partial charge in [-0.3, -0.25) is 0 Å². The Kier molecular flexibility index (Phi) is 4.72. The van der Waals surface area contributed by atoms with Gasteiger partial charge in [0.15, 0.2) is 5.60 Å². The third-order valence-electron chi connectivity index (χ3n) is 3.79. The average molecular weight is 352 g/mol. The van der Waals surface area contributed by atoms with Crippen LogP contribution >= 0.6 is 0 Å². The fourth-order valence-corrected chi connectivity index (χ4v) is 3.75. The maximum Gasteiger partial charge on any atom is 0.416 e. The molecular formula is C14H15F3O5S. The summed E-state index contributed by atoms with van der Waals surface area (Å²) in [5.41, 5.74) is -2.85. The molecule has 0 atom stereocenters. The normalized spacial score (nSPS) is 18.6. The van der Waals surface area contributed by atoms with Gasteiger partial charge in [0.05, 0.1) is 10.5 Å². The predicted molar refractivity (Wildman–Crippen MR) is 73.2 cm³/mol. The van der Waals surface area contributed by atoms with Gasteiger partial charge in [0.2, 0.25) is 0 Å². The molecule has 0 amide bonds. The first kappa shape index (κ1) is 17.7. The van der Waals surface area contributed by atoms with Crippen LogP contribution in [0.1, 0.15) is 37.7 Å². The van der Waals surface area contributed by atoms with E-state index < -0.39 is 38.3 Å². The fraction of sp³-hybridized carbons (Fsp3) is 0.500. The molecule has 1 aromatic carbocycles. The monoisotopic (exact) mass is 352 g/mol. The summed E-state index contributed by atoms with van der Waals surface area (Å²) in [5.74, 6) is -1.38. The van der Waals surface area contributed by atoms with E-state index in [-0.39, 0.29) is 12.8 Å². The number of aliphatic carboxylic acids is 1. The summed E-state index contributed by atoms with van der Waals surface area (Å²) in [7, 11) is -4.47. The van der Waals surface area contributed by atoms with Crippen molar-refractivity contribution >= 4 is 16.1 Å². The number of benzene rings is 1. The van der Waals surface area contributed by atoms with Crippen LogP contribution in [0, 0.1) is 0 Å². The number of carbonyl (C=O) groups is 1. The van der Waals surface area contributed by atoms with Crippen molar-refractivity contribution in [3.63, 3.8) is 0 Å². The molecule has 1 fully saturated rings. The molecule has 0 unspecified atom stereocenters. The Labute approximate surface area is 131 Å². The van der Waals surface area contributed by atoms with Crippen molar-refractivity contribution in [2.45, 2.75) is 48.8 Å². The summed E-state index contributed by atoms with van der Waals surface area (Å²) in [5, 5.41) is 9.31. The Bertz CT molecular complexity index is 673. The van der Waals surface area contributed by atoms with E-state index in [0.717, 1.165) is 18.6 Å². The Hall–Kier alpha value is -1.61. The van der Waals surface area contributed by atoms with Gasteiger partial charge in [-0.1, -0.05) is 6.42 Å². The van der Waals surface area contributed by atoms with E-state index in [0.29, 0.717) is 25.0 Å². The third kappa shape index (κ3) is 3.84. The highest BCUT2D eigenvalue weighted by Gasteiger charge is 2.45. The molecule has 1 aliphatic rings. The van der Waals surface area contributed by atoms with E-state index in [9.17, 15) is 31.5 Å². The smallest absolute Gasteiger partial charge is 0.416 e. The highest BCUT2D eigenvalue weighted by Crippen LogP contribution is 2.36. The highest BCUT2D eigenvalue weighted by atomic mass is 32.2. The molecule has 0 saturated heterocycles. The molecule has 0 aromatic heterocycles. The van der Waals surface area contributed by atoms with Crippen LogP contribution in [0.3, 0.4) is 0 Å². The summed E-state index contributed by atoms with van der Waals surface area (Å²) < 4.78 is 66.8. The van der Waals surface area contributed by atoms with E-state index in [4.69, 9.17) is 4.18 Å². The number of carboxylic acid groups (broad SMARTS) is 1. The fourth-order valence-electron chi connectivity index (χ4n) is 2.52. The number of halogens is 3. The Balaban J connectivity index is 2.29. The molecule has 0 spiro atoms. The van der Waals surface area contributed by atoms with Crippen molar-refractivity contribution in [2.24, 2.45) is 0 Å². The van der Waals surface area contributed by atoms with Crippen molar-refractivity contribution in [3.8, 4) is 0 Å². The first-order valence-electron chi connectivity index (χ1n) is 6.93. The largest absolute Gasteiger partial charge is 0.479 e. The van der Waals surface area contributed by atoms with Gasteiger partial charge >= 0.3 is 12.1 Å². The molecule has 1 aliphatic carbocycles. The van der Waals surface area contributed by atoms with E-state index in [1.54, 1.807) is 0 Å². The lowest BCUT2D eigenvalue weighted by Crippen LogP contribution is -2.44. The number of hydrogen-bond donors (Lipinski definition) is 1. The minimum Gasteiger partial charge on any atom is -0.479 e. The topological polar surface area (TPSA) is 80.7 Å². The van der Waals surface area contributed by atoms with Crippen molar-refractivity contribution in [1.82, 2.24) is 0 Å². The molecule has 0 aliphatic heterocycles. The van der Waals surface area contributed by atoms with Gasteiger partial charge in [-0.2, -0.15) is 21.6 Å². The molecule has 5 nitrogen and oxygen atoms in total. The van der Waals surface area contributed by atoms with Crippen LogP contribution < -0.4 is 0 Å². The summed E-state index contributed by atoms with van der Waals surface area (Å²) in [6, 6.07) is 2.75. The predicted octanol–water partition coefficient (Wildman–Crippen LogP) is 3.20. The van der Waals surface area contributed by atoms with Gasteiger partial charge in [0.25, 0.3) is 10.1 Å². The van der Waals surface area contributed by atoms with Gasteiger partial charge in [-0.05, 0) is 49.9 Å². The molecule has 1 saturated carbocycles. The second-order valence-electron chi connectivity index (χ2n) is 5.42. The van der Waals surface area contributed by atoms with Crippen LogP contribution in [0.4, 0.5) is 13.2 Å². The van der Waals surface area contributed by atoms with E-state index in [1.165, 1.54) is 0 Å². The zero-order valence-electron chi connectivity index (χ0n) is 12.0. The molecule has 128 valence electrons. The van der Waals surface area contributed by atoms with E-state index in [1.807, 2.05) is 0 Å². The quantitative estimate of drug-likeness (QED) is 0.842. The van der Waals surface area contributed by atoms with Crippen molar-refractivity contribution < 1.29 is 35.7 Å². The second kappa shape index (κ2) is 6.12. The van der Waals surface area contributed by atoms with Gasteiger partial charge in [-0.15, -0.1) is 0 Å². The number of rotatable bonds is 4. The Morgan fingerprint density at radius 2 is 1.61 bits per heavy atom. The van der Waals surface area contributed by atoms with Gasteiger partial charge in [0.1, 0.15) is 0 Å². The SMILES string of the molecule is O=C(O)C1(OS(=O)(=O)c2ccc(C(F)(F)F)cc2)CCCCC1. The molecule has 9 heteroatoms. The molecule has 0 heterocycles. The van der Waals surface area contributed by atoms with Crippen LogP contribution in [-0.2, 0) is 25.3 Å². The van der Waals surface area contributed by atoms with E-state index in [2.05, 4.69) is 0 Å². The summed E-state index contributed by atoms with van der Waals surface area (Å²) in [6.07, 6.45) is -2.71. The van der Waals surface area contributed by atoms with Crippen LogP contribution in [0.5, 0.6) is 0 Å². The molecule has 0 bridgehead atoms. The first-order chi connectivity index (χ1) is 10.6. The molecule has 23 heavy (non-hydrogen) atoms. The van der Waals surface area contributed by atoms with Crippen molar-refractivity contribution in [1.29, 1.82) is 0 Å². The van der Waals surface area contributed by atoms with Crippen LogP contribution in [0.2, 0.25) is 0 Å². The minimum absolute atomic E-state index is 0.0438. The van der Waals surface area contributed by atoms with Crippen LogP contribution in [-0.4, -0.2) is 25.1 Å². The number of alkyl halides is 3. The number of carboxylic acids is 1. The summed E-state index contributed by atoms with van der Waals surface area (Å²) >= 11 is 0. The molecule has 1 N–H and O–H groups in total. The van der Waals surface area contributed by atoms with Crippen LogP contribution in [0.25, 0.3) is 0 Å². The molecule has 1 aromatic rings. The van der Waals surface area contributed by atoms with Gasteiger partial charge in [-0.25, -0.2) is 8.98 Å². The van der Waals surface area contributed by atoms with Crippen molar-refractivity contribution in [3.05, 3.63) is 29.8 Å². The minimum atomic E-state index is -4.59. The standard InChI is InChI=1S/C14H15F3O5S/c15-14(16,17)10-4-6-11(7-5-10)23(20,21)22-13(12(18)19)8-2-1-3-9-13/h4-7H,1-3,8-9H2,(H,18,19). The molecular weight excluding hydrogens is 337 g/mol.